The van der Waals surface area contributed by atoms with E-state index < -0.39 is 12.0 Å². The van der Waals surface area contributed by atoms with Gasteiger partial charge in [-0.3, -0.25) is 14.4 Å². The van der Waals surface area contributed by atoms with Crippen LogP contribution in [-0.2, 0) is 9.59 Å². The number of ether oxygens (including phenoxy) is 1. The van der Waals surface area contributed by atoms with E-state index in [-0.39, 0.29) is 11.8 Å². The number of piperidine rings is 1. The number of nitrogens with two attached hydrogens (primary N) is 1. The summed E-state index contributed by atoms with van der Waals surface area (Å²) in [6.07, 6.45) is 1.52. The average molecular weight is 444 g/mol. The lowest BCUT2D eigenvalue weighted by molar-refractivity contribution is -0.123. The van der Waals surface area contributed by atoms with Crippen LogP contribution in [-0.4, -0.2) is 24.3 Å². The van der Waals surface area contributed by atoms with E-state index in [1.54, 1.807) is 47.4 Å². The fraction of sp³-hybridized carbons (Fsp3) is 0.192. The third-order valence-electron chi connectivity index (χ3n) is 5.48. The molecule has 0 bridgehead atoms. The Labute approximate surface area is 192 Å². The van der Waals surface area contributed by atoms with Gasteiger partial charge in [0.2, 0.25) is 17.9 Å². The van der Waals surface area contributed by atoms with Gasteiger partial charge in [0, 0.05) is 35.5 Å². The summed E-state index contributed by atoms with van der Waals surface area (Å²) in [6.45, 7) is 0.707. The molecule has 0 aromatic heterocycles. The van der Waals surface area contributed by atoms with Crippen molar-refractivity contribution in [1.82, 2.24) is 0 Å². The summed E-state index contributed by atoms with van der Waals surface area (Å²) in [6, 6.07) is 22.7. The van der Waals surface area contributed by atoms with Gasteiger partial charge < -0.3 is 20.7 Å². The quantitative estimate of drug-likeness (QED) is 0.575. The first kappa shape index (κ1) is 22.1. The van der Waals surface area contributed by atoms with Gasteiger partial charge in [0.15, 0.2) is 0 Å². The maximum Gasteiger partial charge on any atom is 0.270 e. The van der Waals surface area contributed by atoms with Crippen molar-refractivity contribution < 1.29 is 19.1 Å². The number of carbonyl (C=O) groups is 3. The smallest absolute Gasteiger partial charge is 0.270 e. The lowest BCUT2D eigenvalue weighted by Gasteiger charge is -2.27. The molecule has 1 aliphatic heterocycles. The van der Waals surface area contributed by atoms with E-state index in [1.807, 2.05) is 30.3 Å². The molecule has 3 aromatic rings. The molecular formula is C26H25N3O4. The normalized spacial score (nSPS) is 14.4. The number of nitrogens with one attached hydrogen (secondary N) is 1. The highest BCUT2D eigenvalue weighted by Gasteiger charge is 2.24. The van der Waals surface area contributed by atoms with Gasteiger partial charge >= 0.3 is 0 Å². The molecule has 0 saturated carbocycles. The van der Waals surface area contributed by atoms with Crippen LogP contribution in [0.15, 0.2) is 78.9 Å². The van der Waals surface area contributed by atoms with Gasteiger partial charge in [0.1, 0.15) is 5.75 Å². The van der Waals surface area contributed by atoms with Gasteiger partial charge in [0.05, 0.1) is 0 Å². The minimum Gasteiger partial charge on any atom is -0.476 e. The van der Waals surface area contributed by atoms with Crippen LogP contribution in [0.1, 0.15) is 41.3 Å². The van der Waals surface area contributed by atoms with Crippen molar-refractivity contribution in [3.05, 3.63) is 90.0 Å². The molecule has 3 N–H and O–H groups in total. The zero-order valence-electron chi connectivity index (χ0n) is 18.1. The summed E-state index contributed by atoms with van der Waals surface area (Å²) >= 11 is 0. The molecule has 4 rings (SSSR count). The largest absolute Gasteiger partial charge is 0.476 e. The third kappa shape index (κ3) is 5.38. The van der Waals surface area contributed by atoms with E-state index in [0.717, 1.165) is 18.5 Å². The molecule has 1 aliphatic rings. The van der Waals surface area contributed by atoms with Gasteiger partial charge in [-0.05, 0) is 55.3 Å². The molecule has 7 heteroatoms. The van der Waals surface area contributed by atoms with Gasteiger partial charge in [-0.1, -0.05) is 36.4 Å². The van der Waals surface area contributed by atoms with E-state index >= 15 is 0 Å². The number of carbonyl (C=O) groups excluding carboxylic acids is 3. The summed E-state index contributed by atoms with van der Waals surface area (Å²) in [5.41, 5.74) is 7.72. The highest BCUT2D eigenvalue weighted by Crippen LogP contribution is 2.26. The Hall–Kier alpha value is -4.13. The number of nitrogens with zero attached hydrogens (tertiary/aromatic N) is 1. The molecule has 1 atom stereocenters. The summed E-state index contributed by atoms with van der Waals surface area (Å²) in [7, 11) is 0. The topological polar surface area (TPSA) is 102 Å². The first-order valence-electron chi connectivity index (χ1n) is 10.8. The third-order valence-corrected chi connectivity index (χ3v) is 5.48. The van der Waals surface area contributed by atoms with Crippen molar-refractivity contribution in [2.24, 2.45) is 5.73 Å². The summed E-state index contributed by atoms with van der Waals surface area (Å²) in [5, 5.41) is 2.88. The molecule has 3 aromatic carbocycles. The lowest BCUT2D eigenvalue weighted by Crippen LogP contribution is -2.35. The Morgan fingerprint density at radius 1 is 0.939 bits per heavy atom. The molecular weight excluding hydrogens is 418 g/mol. The van der Waals surface area contributed by atoms with Gasteiger partial charge in [0.25, 0.3) is 5.91 Å². The number of hydrogen-bond acceptors (Lipinski definition) is 4. The van der Waals surface area contributed by atoms with Crippen molar-refractivity contribution in [3.63, 3.8) is 0 Å². The number of primary amides is 1. The van der Waals surface area contributed by atoms with Crippen LogP contribution in [0.25, 0.3) is 0 Å². The van der Waals surface area contributed by atoms with Crippen LogP contribution in [0.3, 0.4) is 0 Å². The van der Waals surface area contributed by atoms with Crippen molar-refractivity contribution in [3.8, 4) is 5.75 Å². The number of anilines is 2. The molecule has 1 saturated heterocycles. The van der Waals surface area contributed by atoms with Crippen molar-refractivity contribution >= 4 is 29.1 Å². The summed E-state index contributed by atoms with van der Waals surface area (Å²) in [5.74, 6) is -0.469. The van der Waals surface area contributed by atoms with Crippen LogP contribution in [0.2, 0.25) is 0 Å². The number of benzene rings is 3. The predicted molar refractivity (Wildman–Crippen MR) is 126 cm³/mol. The Morgan fingerprint density at radius 3 is 2.39 bits per heavy atom. The lowest BCUT2D eigenvalue weighted by atomic mass is 10.1. The molecule has 33 heavy (non-hydrogen) atoms. The second kappa shape index (κ2) is 9.99. The maximum atomic E-state index is 13.2. The zero-order chi connectivity index (χ0) is 23.2. The zero-order valence-corrected chi connectivity index (χ0v) is 18.1. The molecule has 1 fully saturated rings. The molecule has 168 valence electrons. The Balaban J connectivity index is 1.52. The van der Waals surface area contributed by atoms with Crippen LogP contribution in [0, 0.1) is 0 Å². The highest BCUT2D eigenvalue weighted by atomic mass is 16.5. The molecule has 7 nitrogen and oxygen atoms in total. The molecule has 1 heterocycles. The minimum absolute atomic E-state index is 0.119. The number of rotatable bonds is 7. The average Bonchev–Trinajstić information content (AvgIpc) is 2.84. The molecule has 1 unspecified atom stereocenters. The van der Waals surface area contributed by atoms with Crippen molar-refractivity contribution in [1.29, 1.82) is 0 Å². The number of amides is 3. The Morgan fingerprint density at radius 2 is 1.70 bits per heavy atom. The van der Waals surface area contributed by atoms with Crippen LogP contribution >= 0.6 is 0 Å². The van der Waals surface area contributed by atoms with Gasteiger partial charge in [-0.25, -0.2) is 0 Å². The fourth-order valence-electron chi connectivity index (χ4n) is 3.77. The number of hydrogen-bond donors (Lipinski definition) is 2. The van der Waals surface area contributed by atoms with E-state index in [9.17, 15) is 14.4 Å². The van der Waals surface area contributed by atoms with E-state index in [4.69, 9.17) is 10.5 Å². The van der Waals surface area contributed by atoms with Gasteiger partial charge in [-0.15, -0.1) is 0 Å². The highest BCUT2D eigenvalue weighted by molar-refractivity contribution is 5.97. The second-order valence-electron chi connectivity index (χ2n) is 7.84. The molecule has 0 aliphatic carbocycles. The maximum absolute atomic E-state index is 13.2. The predicted octanol–water partition coefficient (Wildman–Crippen LogP) is 4.06. The Kier molecular flexibility index (Phi) is 6.69. The first-order chi connectivity index (χ1) is 16.0. The summed E-state index contributed by atoms with van der Waals surface area (Å²) < 4.78 is 5.99. The van der Waals surface area contributed by atoms with Crippen LogP contribution in [0.4, 0.5) is 11.4 Å². The van der Waals surface area contributed by atoms with E-state index in [1.165, 1.54) is 6.07 Å². The van der Waals surface area contributed by atoms with E-state index in [0.29, 0.717) is 35.5 Å². The summed E-state index contributed by atoms with van der Waals surface area (Å²) in [4.78, 5) is 38.6. The Bertz CT molecular complexity index is 1150. The van der Waals surface area contributed by atoms with Crippen molar-refractivity contribution in [2.75, 3.05) is 16.8 Å². The molecule has 3 amide bonds. The van der Waals surface area contributed by atoms with Crippen LogP contribution < -0.4 is 20.7 Å². The van der Waals surface area contributed by atoms with E-state index in [2.05, 4.69) is 5.32 Å². The minimum atomic E-state index is -0.947. The SMILES string of the molecule is NC(=O)c1cccc(OC(C(=O)Nc2ccc(N3CCCCC3=O)cc2)c2ccccc2)c1. The fourth-order valence-corrected chi connectivity index (χ4v) is 3.77. The molecule has 0 radical (unpaired) electrons. The van der Waals surface area contributed by atoms with Crippen molar-refractivity contribution in [2.45, 2.75) is 25.4 Å². The standard InChI is InChI=1S/C26H25N3O4/c27-25(31)19-9-6-10-22(17-19)33-24(18-7-2-1-3-8-18)26(32)28-20-12-14-21(15-13-20)29-16-5-4-11-23(29)30/h1-3,6-10,12-15,17,24H,4-5,11,16H2,(H2,27,31)(H,28,32). The molecule has 0 spiro atoms. The second-order valence-corrected chi connectivity index (χ2v) is 7.84. The monoisotopic (exact) mass is 443 g/mol. The van der Waals surface area contributed by atoms with Gasteiger partial charge in [-0.2, -0.15) is 0 Å². The van der Waals surface area contributed by atoms with Crippen LogP contribution in [0.5, 0.6) is 5.75 Å². The first-order valence-corrected chi connectivity index (χ1v) is 10.8.